The van der Waals surface area contributed by atoms with Gasteiger partial charge in [-0.3, -0.25) is 4.31 Å². The molecule has 0 amide bonds. The van der Waals surface area contributed by atoms with Crippen molar-refractivity contribution >= 4 is 35.3 Å². The van der Waals surface area contributed by atoms with Gasteiger partial charge < -0.3 is 5.11 Å². The van der Waals surface area contributed by atoms with Crippen molar-refractivity contribution in [2.45, 2.75) is 17.6 Å². The third-order valence-corrected chi connectivity index (χ3v) is 5.30. The standard InChI is InChI=1S/C20H12ClF5N2O2S/c21-15-8-13(20(24,25)26)9-27-18(15)28(10-11-1-6-16(22)17(23)7-11)31-14-4-2-12(3-5-14)19(29)30/h1-9H,10H2,(H,29,30). The van der Waals surface area contributed by atoms with Crippen LogP contribution in [0.1, 0.15) is 21.5 Å². The number of pyridine rings is 1. The second-order valence-corrected chi connectivity index (χ2v) is 7.74. The molecule has 11 heteroatoms. The molecule has 0 aliphatic heterocycles. The molecule has 0 unspecified atom stereocenters. The average Bonchev–Trinajstić information content (AvgIpc) is 2.70. The normalized spacial score (nSPS) is 11.4. The second-order valence-electron chi connectivity index (χ2n) is 6.23. The molecule has 0 fully saturated rings. The van der Waals surface area contributed by atoms with Crippen LogP contribution in [0.3, 0.4) is 0 Å². The molecule has 0 saturated heterocycles. The number of benzene rings is 2. The molecule has 1 N–H and O–H groups in total. The van der Waals surface area contributed by atoms with Gasteiger partial charge in [0.25, 0.3) is 0 Å². The fourth-order valence-corrected chi connectivity index (χ4v) is 3.79. The number of halogens is 6. The SMILES string of the molecule is O=C(O)c1ccc(SN(Cc2ccc(F)c(F)c2)c2ncc(C(F)(F)F)cc2Cl)cc1. The zero-order valence-corrected chi connectivity index (χ0v) is 16.9. The van der Waals surface area contributed by atoms with Gasteiger partial charge in [0.05, 0.1) is 22.7 Å². The van der Waals surface area contributed by atoms with E-state index in [1.54, 1.807) is 0 Å². The highest BCUT2D eigenvalue weighted by molar-refractivity contribution is 8.00. The first-order chi connectivity index (χ1) is 14.5. The van der Waals surface area contributed by atoms with Gasteiger partial charge in [0.15, 0.2) is 17.5 Å². The van der Waals surface area contributed by atoms with Crippen molar-refractivity contribution in [2.75, 3.05) is 4.31 Å². The zero-order chi connectivity index (χ0) is 22.8. The van der Waals surface area contributed by atoms with Crippen LogP contribution in [0.2, 0.25) is 5.02 Å². The van der Waals surface area contributed by atoms with Crippen molar-refractivity contribution in [3.05, 3.63) is 88.1 Å². The Balaban J connectivity index is 1.97. The van der Waals surface area contributed by atoms with E-state index >= 15 is 0 Å². The minimum Gasteiger partial charge on any atom is -0.478 e. The Labute approximate surface area is 182 Å². The largest absolute Gasteiger partial charge is 0.478 e. The summed E-state index contributed by atoms with van der Waals surface area (Å²) in [5, 5.41) is 8.71. The number of nitrogens with zero attached hydrogens (tertiary/aromatic N) is 2. The number of rotatable bonds is 6. The predicted molar refractivity (Wildman–Crippen MR) is 106 cm³/mol. The lowest BCUT2D eigenvalue weighted by Crippen LogP contribution is -2.17. The summed E-state index contributed by atoms with van der Waals surface area (Å²) in [7, 11) is 0. The lowest BCUT2D eigenvalue weighted by molar-refractivity contribution is -0.137. The highest BCUT2D eigenvalue weighted by Gasteiger charge is 2.32. The number of alkyl halides is 3. The van der Waals surface area contributed by atoms with Crippen molar-refractivity contribution < 1.29 is 31.9 Å². The molecule has 0 radical (unpaired) electrons. The Kier molecular flexibility index (Phi) is 6.71. The summed E-state index contributed by atoms with van der Waals surface area (Å²) in [6.45, 7) is -0.0827. The molecule has 0 spiro atoms. The van der Waals surface area contributed by atoms with E-state index in [2.05, 4.69) is 4.98 Å². The molecule has 0 atom stereocenters. The summed E-state index contributed by atoms with van der Waals surface area (Å²) in [5.74, 6) is -3.29. The molecule has 162 valence electrons. The van der Waals surface area contributed by atoms with Crippen LogP contribution < -0.4 is 4.31 Å². The van der Waals surface area contributed by atoms with Crippen LogP contribution >= 0.6 is 23.5 Å². The lowest BCUT2D eigenvalue weighted by Gasteiger charge is -2.24. The van der Waals surface area contributed by atoms with Crippen LogP contribution in [0.4, 0.5) is 27.8 Å². The quantitative estimate of drug-likeness (QED) is 0.329. The summed E-state index contributed by atoms with van der Waals surface area (Å²) in [6.07, 6.45) is -4.02. The summed E-state index contributed by atoms with van der Waals surface area (Å²) in [6, 6.07) is 9.60. The first kappa shape index (κ1) is 22.8. The van der Waals surface area contributed by atoms with E-state index < -0.39 is 29.3 Å². The summed E-state index contributed by atoms with van der Waals surface area (Å²) >= 11 is 7.05. The van der Waals surface area contributed by atoms with Gasteiger partial charge >= 0.3 is 12.1 Å². The molecule has 1 aromatic heterocycles. The van der Waals surface area contributed by atoms with Crippen molar-refractivity contribution in [1.29, 1.82) is 0 Å². The molecular formula is C20H12ClF5N2O2S. The number of anilines is 1. The Morgan fingerprint density at radius 1 is 1.06 bits per heavy atom. The Morgan fingerprint density at radius 2 is 1.74 bits per heavy atom. The molecule has 0 bridgehead atoms. The van der Waals surface area contributed by atoms with E-state index in [1.807, 2.05) is 0 Å². The minimum absolute atomic E-state index is 0.0355. The van der Waals surface area contributed by atoms with Crippen LogP contribution in [0, 0.1) is 11.6 Å². The van der Waals surface area contributed by atoms with Gasteiger partial charge in [-0.1, -0.05) is 17.7 Å². The third kappa shape index (κ3) is 5.65. The van der Waals surface area contributed by atoms with Crippen LogP contribution in [0.25, 0.3) is 0 Å². The van der Waals surface area contributed by atoms with Gasteiger partial charge in [-0.2, -0.15) is 13.2 Å². The third-order valence-electron chi connectivity index (χ3n) is 4.01. The van der Waals surface area contributed by atoms with E-state index in [-0.39, 0.29) is 22.9 Å². The number of hydrogen-bond donors (Lipinski definition) is 1. The topological polar surface area (TPSA) is 53.4 Å². The summed E-state index contributed by atoms with van der Waals surface area (Å²) < 4.78 is 67.1. The first-order valence-electron chi connectivity index (χ1n) is 8.50. The van der Waals surface area contributed by atoms with Crippen molar-refractivity contribution in [3.63, 3.8) is 0 Å². The summed E-state index contributed by atoms with van der Waals surface area (Å²) in [5.41, 5.74) is -0.682. The van der Waals surface area contributed by atoms with Crippen molar-refractivity contribution in [3.8, 4) is 0 Å². The predicted octanol–water partition coefficient (Wildman–Crippen LogP) is 6.44. The maximum Gasteiger partial charge on any atom is 0.417 e. The van der Waals surface area contributed by atoms with E-state index in [0.29, 0.717) is 16.7 Å². The number of carboxylic acids is 1. The molecule has 1 heterocycles. The van der Waals surface area contributed by atoms with Gasteiger partial charge in [0.2, 0.25) is 0 Å². The van der Waals surface area contributed by atoms with Crippen molar-refractivity contribution in [1.82, 2.24) is 4.98 Å². The van der Waals surface area contributed by atoms with E-state index in [0.717, 1.165) is 30.1 Å². The lowest BCUT2D eigenvalue weighted by atomic mass is 10.2. The molecule has 31 heavy (non-hydrogen) atoms. The molecule has 2 aromatic carbocycles. The fraction of sp³-hybridized carbons (Fsp3) is 0.100. The number of carboxylic acid groups (broad SMARTS) is 1. The maximum atomic E-state index is 13.6. The van der Waals surface area contributed by atoms with Crippen LogP contribution in [0.5, 0.6) is 0 Å². The van der Waals surface area contributed by atoms with E-state index in [4.69, 9.17) is 16.7 Å². The van der Waals surface area contributed by atoms with E-state index in [1.165, 1.54) is 34.6 Å². The van der Waals surface area contributed by atoms with Gasteiger partial charge in [-0.25, -0.2) is 18.6 Å². The maximum absolute atomic E-state index is 13.6. The first-order valence-corrected chi connectivity index (χ1v) is 9.65. The molecular weight excluding hydrogens is 463 g/mol. The van der Waals surface area contributed by atoms with Crippen LogP contribution in [-0.2, 0) is 12.7 Å². The molecule has 0 aliphatic carbocycles. The minimum atomic E-state index is -4.64. The van der Waals surface area contributed by atoms with Gasteiger partial charge in [0, 0.05) is 11.1 Å². The molecule has 3 rings (SSSR count). The van der Waals surface area contributed by atoms with Gasteiger partial charge in [-0.05, 0) is 60.0 Å². The monoisotopic (exact) mass is 474 g/mol. The molecule has 0 aliphatic rings. The number of aromatic nitrogens is 1. The Hall–Kier alpha value is -2.85. The van der Waals surface area contributed by atoms with Crippen LogP contribution in [-0.4, -0.2) is 16.1 Å². The smallest absolute Gasteiger partial charge is 0.417 e. The number of hydrogen-bond acceptors (Lipinski definition) is 4. The zero-order valence-electron chi connectivity index (χ0n) is 15.3. The average molecular weight is 475 g/mol. The summed E-state index contributed by atoms with van der Waals surface area (Å²) in [4.78, 5) is 15.3. The highest BCUT2D eigenvalue weighted by atomic mass is 35.5. The van der Waals surface area contributed by atoms with Crippen LogP contribution in [0.15, 0.2) is 59.6 Å². The van der Waals surface area contributed by atoms with Gasteiger partial charge in [-0.15, -0.1) is 0 Å². The molecule has 0 saturated carbocycles. The second kappa shape index (κ2) is 9.11. The highest BCUT2D eigenvalue weighted by Crippen LogP contribution is 2.37. The number of carbonyl (C=O) groups is 1. The Bertz CT molecular complexity index is 1110. The fourth-order valence-electron chi connectivity index (χ4n) is 2.51. The van der Waals surface area contributed by atoms with Crippen molar-refractivity contribution in [2.24, 2.45) is 0 Å². The Morgan fingerprint density at radius 3 is 2.29 bits per heavy atom. The number of aromatic carboxylic acids is 1. The molecule has 3 aromatic rings. The molecule has 4 nitrogen and oxygen atoms in total. The van der Waals surface area contributed by atoms with E-state index in [9.17, 15) is 26.7 Å². The van der Waals surface area contributed by atoms with Gasteiger partial charge in [0.1, 0.15) is 0 Å².